The second-order valence-electron chi connectivity index (χ2n) is 5.95. The van der Waals surface area contributed by atoms with Crippen LogP contribution >= 0.6 is 0 Å². The molecule has 2 aromatic rings. The van der Waals surface area contributed by atoms with Gasteiger partial charge < -0.3 is 9.42 Å². The van der Waals surface area contributed by atoms with Gasteiger partial charge in [-0.3, -0.25) is 4.79 Å². The van der Waals surface area contributed by atoms with Gasteiger partial charge in [0.05, 0.1) is 0 Å². The normalized spacial score (nSPS) is 22.9. The molecule has 6 heteroatoms. The molecule has 0 aliphatic carbocycles. The molecule has 1 N–H and O–H groups in total. The van der Waals surface area contributed by atoms with Crippen LogP contribution in [0.1, 0.15) is 30.1 Å². The summed E-state index contributed by atoms with van der Waals surface area (Å²) in [4.78, 5) is 13.4. The van der Waals surface area contributed by atoms with Crippen molar-refractivity contribution in [1.82, 2.24) is 10.1 Å². The van der Waals surface area contributed by atoms with Crippen LogP contribution in [0.25, 0.3) is 0 Å². The lowest BCUT2D eigenvalue weighted by atomic mass is 9.86. The second-order valence-corrected chi connectivity index (χ2v) is 5.95. The summed E-state index contributed by atoms with van der Waals surface area (Å²) in [5.41, 5.74) is 0.406. The minimum Gasteiger partial charge on any atom is -0.383 e. The van der Waals surface area contributed by atoms with E-state index in [1.807, 2.05) is 7.05 Å². The maximum absolute atomic E-state index is 13.3. The van der Waals surface area contributed by atoms with Gasteiger partial charge in [-0.15, -0.1) is 0 Å². The van der Waals surface area contributed by atoms with Crippen LogP contribution in [-0.2, 0) is 6.42 Å². The Morgan fingerprint density at radius 3 is 2.64 bits per heavy atom. The van der Waals surface area contributed by atoms with Crippen LogP contribution in [0.15, 0.2) is 33.6 Å². The number of H-pyrrole nitrogens is 1. The molecule has 4 nitrogen and oxygen atoms in total. The Morgan fingerprint density at radius 1 is 1.27 bits per heavy atom. The van der Waals surface area contributed by atoms with Crippen molar-refractivity contribution in [2.45, 2.75) is 31.2 Å². The van der Waals surface area contributed by atoms with Gasteiger partial charge in [-0.1, -0.05) is 0 Å². The van der Waals surface area contributed by atoms with Gasteiger partial charge in [0, 0.05) is 24.1 Å². The molecule has 1 aliphatic heterocycles. The van der Waals surface area contributed by atoms with E-state index in [-0.39, 0.29) is 17.5 Å². The smallest absolute Gasteiger partial charge is 0.280 e. The van der Waals surface area contributed by atoms with E-state index in [1.165, 1.54) is 18.2 Å². The second kappa shape index (κ2) is 6.04. The highest BCUT2D eigenvalue weighted by Crippen LogP contribution is 2.31. The molecule has 3 rings (SSSR count). The molecule has 0 bridgehead atoms. The third-order valence-corrected chi connectivity index (χ3v) is 4.35. The van der Waals surface area contributed by atoms with Crippen molar-refractivity contribution in [3.05, 3.63) is 57.6 Å². The van der Waals surface area contributed by atoms with Gasteiger partial charge in [0.2, 0.25) is 0 Å². The van der Waals surface area contributed by atoms with Crippen molar-refractivity contribution in [3.8, 4) is 0 Å². The van der Waals surface area contributed by atoms with E-state index >= 15 is 0 Å². The molecule has 1 saturated heterocycles. The number of rotatable bonds is 3. The fraction of sp³-hybridized carbons (Fsp3) is 0.438. The summed E-state index contributed by atoms with van der Waals surface area (Å²) in [5.74, 6) is -0.296. The van der Waals surface area contributed by atoms with Crippen LogP contribution in [0.5, 0.6) is 0 Å². The van der Waals surface area contributed by atoms with Crippen LogP contribution in [0, 0.1) is 11.6 Å². The van der Waals surface area contributed by atoms with Crippen LogP contribution in [0.4, 0.5) is 8.78 Å². The van der Waals surface area contributed by atoms with E-state index in [0.717, 1.165) is 25.5 Å². The van der Waals surface area contributed by atoms with E-state index in [1.54, 1.807) is 0 Å². The minimum absolute atomic E-state index is 0.151. The number of nitrogens with one attached hydrogen (secondary N) is 1. The van der Waals surface area contributed by atoms with Gasteiger partial charge in [-0.05, 0) is 50.6 Å². The van der Waals surface area contributed by atoms with Crippen molar-refractivity contribution >= 4 is 0 Å². The molecule has 1 aromatic heterocycles. The molecule has 0 spiro atoms. The average molecular weight is 308 g/mol. The van der Waals surface area contributed by atoms with Crippen molar-refractivity contribution in [3.63, 3.8) is 0 Å². The quantitative estimate of drug-likeness (QED) is 0.948. The highest BCUT2D eigenvalue weighted by atomic mass is 19.1. The SMILES string of the molecule is CN1CCC(c2cc(=O)[nH]o2)CC1Cc1cc(F)cc(F)c1. The number of piperidine rings is 1. The zero-order valence-electron chi connectivity index (χ0n) is 12.3. The molecule has 118 valence electrons. The van der Waals surface area contributed by atoms with E-state index in [0.29, 0.717) is 17.7 Å². The molecule has 22 heavy (non-hydrogen) atoms. The fourth-order valence-electron chi connectivity index (χ4n) is 3.17. The minimum atomic E-state index is -0.554. The summed E-state index contributed by atoms with van der Waals surface area (Å²) >= 11 is 0. The summed E-state index contributed by atoms with van der Waals surface area (Å²) in [6, 6.07) is 5.26. The lowest BCUT2D eigenvalue weighted by Gasteiger charge is -2.36. The standard InChI is InChI=1S/C16H18F2N2O2/c1-20-3-2-11(15-9-16(21)19-22-15)7-14(20)6-10-4-12(17)8-13(18)5-10/h4-5,8-9,11,14H,2-3,6-7H2,1H3,(H,19,21). The topological polar surface area (TPSA) is 49.2 Å². The molecule has 0 amide bonds. The van der Waals surface area contributed by atoms with Crippen LogP contribution in [0.2, 0.25) is 0 Å². The zero-order valence-corrected chi connectivity index (χ0v) is 12.3. The Bertz CT molecular complexity index is 690. The maximum Gasteiger partial charge on any atom is 0.280 e. The van der Waals surface area contributed by atoms with Gasteiger partial charge in [0.15, 0.2) is 0 Å². The number of halogens is 2. The molecular formula is C16H18F2N2O2. The van der Waals surface area contributed by atoms with Gasteiger partial charge in [0.1, 0.15) is 17.4 Å². The Kier molecular flexibility index (Phi) is 4.11. The number of aromatic amines is 1. The number of benzene rings is 1. The van der Waals surface area contributed by atoms with E-state index in [9.17, 15) is 13.6 Å². The first-order chi connectivity index (χ1) is 10.5. The predicted molar refractivity (Wildman–Crippen MR) is 77.8 cm³/mol. The van der Waals surface area contributed by atoms with Gasteiger partial charge in [-0.2, -0.15) is 5.16 Å². The number of nitrogens with zero attached hydrogens (tertiary/aromatic N) is 1. The lowest BCUT2D eigenvalue weighted by molar-refractivity contribution is 0.155. The monoisotopic (exact) mass is 308 g/mol. The van der Waals surface area contributed by atoms with Crippen LogP contribution < -0.4 is 5.56 Å². The summed E-state index contributed by atoms with van der Waals surface area (Å²) in [6.07, 6.45) is 2.25. The lowest BCUT2D eigenvalue weighted by Crippen LogP contribution is -2.40. The molecule has 2 unspecified atom stereocenters. The number of aromatic nitrogens is 1. The molecule has 1 aromatic carbocycles. The molecular weight excluding hydrogens is 290 g/mol. The van der Waals surface area contributed by atoms with E-state index in [4.69, 9.17) is 4.52 Å². The van der Waals surface area contributed by atoms with Crippen molar-refractivity contribution in [1.29, 1.82) is 0 Å². The average Bonchev–Trinajstić information content (AvgIpc) is 2.87. The number of hydrogen-bond donors (Lipinski definition) is 1. The largest absolute Gasteiger partial charge is 0.383 e. The van der Waals surface area contributed by atoms with E-state index < -0.39 is 11.6 Å². The molecule has 0 saturated carbocycles. The number of likely N-dealkylation sites (tertiary alicyclic amines) is 1. The zero-order chi connectivity index (χ0) is 15.7. The van der Waals surface area contributed by atoms with Crippen LogP contribution in [0.3, 0.4) is 0 Å². The molecule has 1 aliphatic rings. The summed E-state index contributed by atoms with van der Waals surface area (Å²) in [5, 5.41) is 2.31. The highest BCUT2D eigenvalue weighted by molar-refractivity contribution is 5.19. The van der Waals surface area contributed by atoms with Gasteiger partial charge in [-0.25, -0.2) is 8.78 Å². The van der Waals surface area contributed by atoms with E-state index in [2.05, 4.69) is 10.1 Å². The number of likely N-dealkylation sites (N-methyl/N-ethyl adjacent to an activating group) is 1. The van der Waals surface area contributed by atoms with Crippen molar-refractivity contribution in [2.75, 3.05) is 13.6 Å². The Labute approximate surface area is 126 Å². The molecule has 2 heterocycles. The Balaban J connectivity index is 1.75. The van der Waals surface area contributed by atoms with Gasteiger partial charge in [0.25, 0.3) is 5.56 Å². The highest BCUT2D eigenvalue weighted by Gasteiger charge is 2.29. The van der Waals surface area contributed by atoms with Gasteiger partial charge >= 0.3 is 0 Å². The van der Waals surface area contributed by atoms with Crippen LogP contribution in [-0.4, -0.2) is 29.7 Å². The molecule has 0 radical (unpaired) electrons. The fourth-order valence-corrected chi connectivity index (χ4v) is 3.17. The predicted octanol–water partition coefficient (Wildman–Crippen LogP) is 2.67. The summed E-state index contributed by atoms with van der Waals surface area (Å²) < 4.78 is 31.8. The molecule has 1 fully saturated rings. The molecule has 2 atom stereocenters. The first kappa shape index (κ1) is 15.0. The first-order valence-corrected chi connectivity index (χ1v) is 7.35. The number of hydrogen-bond acceptors (Lipinski definition) is 3. The Hall–Kier alpha value is -1.95. The third kappa shape index (κ3) is 3.27. The maximum atomic E-state index is 13.3. The third-order valence-electron chi connectivity index (χ3n) is 4.35. The summed E-state index contributed by atoms with van der Waals surface area (Å²) in [7, 11) is 2.00. The van der Waals surface area contributed by atoms with Crippen molar-refractivity contribution < 1.29 is 13.3 Å². The Morgan fingerprint density at radius 2 is 2.00 bits per heavy atom. The van der Waals surface area contributed by atoms with Crippen molar-refractivity contribution in [2.24, 2.45) is 0 Å². The summed E-state index contributed by atoms with van der Waals surface area (Å²) in [6.45, 7) is 0.849. The first-order valence-electron chi connectivity index (χ1n) is 7.35.